The smallest absolute Gasteiger partial charge is 0.184 e. The molecule has 1 aromatic carbocycles. The Bertz CT molecular complexity index is 459. The fourth-order valence-electron chi connectivity index (χ4n) is 2.41. The Morgan fingerprint density at radius 3 is 2.37 bits per heavy atom. The summed E-state index contributed by atoms with van der Waals surface area (Å²) in [6, 6.07) is 3.92. The molecule has 0 fully saturated rings. The van der Waals surface area contributed by atoms with Crippen molar-refractivity contribution in [3.8, 4) is 0 Å². The zero-order valence-corrected chi connectivity index (χ0v) is 12.7. The predicted octanol–water partition coefficient (Wildman–Crippen LogP) is 4.17. The highest BCUT2D eigenvalue weighted by atomic mass is 35.5. The van der Waals surface area contributed by atoms with Crippen LogP contribution in [0.15, 0.2) is 18.2 Å². The summed E-state index contributed by atoms with van der Waals surface area (Å²) in [4.78, 5) is 14.8. The van der Waals surface area contributed by atoms with Gasteiger partial charge in [-0.2, -0.15) is 0 Å². The van der Waals surface area contributed by atoms with Crippen molar-refractivity contribution in [1.82, 2.24) is 4.90 Å². The molecule has 0 heterocycles. The lowest BCUT2D eigenvalue weighted by Gasteiger charge is -2.38. The minimum Gasteiger partial charge on any atom is -0.292 e. The Hall–Kier alpha value is -0.930. The minimum atomic E-state index is -0.652. The van der Waals surface area contributed by atoms with Gasteiger partial charge in [0.05, 0.1) is 10.6 Å². The van der Waals surface area contributed by atoms with Crippen LogP contribution >= 0.6 is 11.6 Å². The molecule has 0 aromatic heterocycles. The van der Waals surface area contributed by atoms with Crippen LogP contribution in [0.4, 0.5) is 4.39 Å². The molecule has 0 saturated carbocycles. The number of carbonyl (C=O) groups excluding carboxylic acids is 1. The molecule has 1 aromatic rings. The van der Waals surface area contributed by atoms with Gasteiger partial charge in [0.2, 0.25) is 0 Å². The molecule has 0 bridgehead atoms. The van der Waals surface area contributed by atoms with Crippen molar-refractivity contribution in [1.29, 1.82) is 0 Å². The maximum Gasteiger partial charge on any atom is 0.184 e. The summed E-state index contributed by atoms with van der Waals surface area (Å²) in [5.41, 5.74) is -0.390. The number of Topliss-reactive ketones (excluding diaryl/α,β-unsaturated/α-hetero) is 1. The number of benzene rings is 1. The number of hydrogen-bond acceptors (Lipinski definition) is 2. The molecule has 2 nitrogen and oxygen atoms in total. The Labute approximate surface area is 119 Å². The third-order valence-corrected chi connectivity index (χ3v) is 4.14. The fraction of sp³-hybridized carbons (Fsp3) is 0.533. The molecule has 0 saturated heterocycles. The number of ketones is 1. The van der Waals surface area contributed by atoms with Crippen molar-refractivity contribution >= 4 is 17.4 Å². The summed E-state index contributed by atoms with van der Waals surface area (Å²) in [7, 11) is 0. The van der Waals surface area contributed by atoms with E-state index in [0.29, 0.717) is 11.4 Å². The van der Waals surface area contributed by atoms with Crippen LogP contribution in [0.2, 0.25) is 5.02 Å². The van der Waals surface area contributed by atoms with Gasteiger partial charge in [0.25, 0.3) is 0 Å². The van der Waals surface area contributed by atoms with Crippen molar-refractivity contribution in [3.63, 3.8) is 0 Å². The zero-order chi connectivity index (χ0) is 14.6. The predicted molar refractivity (Wildman–Crippen MR) is 77.4 cm³/mol. The van der Waals surface area contributed by atoms with Crippen LogP contribution in [0.25, 0.3) is 0 Å². The van der Waals surface area contributed by atoms with Gasteiger partial charge in [-0.15, -0.1) is 0 Å². The van der Waals surface area contributed by atoms with Crippen LogP contribution in [0.1, 0.15) is 44.5 Å². The first-order valence-electron chi connectivity index (χ1n) is 6.65. The van der Waals surface area contributed by atoms with Gasteiger partial charge in [-0.3, -0.25) is 9.69 Å². The fourth-order valence-corrected chi connectivity index (χ4v) is 2.61. The van der Waals surface area contributed by atoms with E-state index in [1.54, 1.807) is 0 Å². The number of halogens is 2. The number of nitrogens with zero attached hydrogens (tertiary/aromatic N) is 1. The lowest BCUT2D eigenvalue weighted by Crippen LogP contribution is -2.52. The molecule has 0 aliphatic heterocycles. The molecule has 0 spiro atoms. The van der Waals surface area contributed by atoms with Crippen molar-refractivity contribution in [2.45, 2.75) is 39.7 Å². The van der Waals surface area contributed by atoms with Crippen molar-refractivity contribution in [3.05, 3.63) is 34.6 Å². The van der Waals surface area contributed by atoms with Gasteiger partial charge in [-0.05, 0) is 44.6 Å². The average molecular weight is 286 g/mol. The number of hydrogen-bond donors (Lipinski definition) is 0. The molecular formula is C15H21ClFNO. The van der Waals surface area contributed by atoms with Crippen LogP contribution in [-0.2, 0) is 0 Å². The van der Waals surface area contributed by atoms with E-state index < -0.39 is 11.4 Å². The van der Waals surface area contributed by atoms with E-state index >= 15 is 0 Å². The highest BCUT2D eigenvalue weighted by Gasteiger charge is 2.37. The molecule has 1 rings (SSSR count). The zero-order valence-electron chi connectivity index (χ0n) is 12.0. The Morgan fingerprint density at radius 2 is 1.89 bits per heavy atom. The minimum absolute atomic E-state index is 0.122. The summed E-state index contributed by atoms with van der Waals surface area (Å²) >= 11 is 6.04. The summed E-state index contributed by atoms with van der Waals surface area (Å²) in [5, 5.41) is 0.304. The first kappa shape index (κ1) is 16.1. The summed E-state index contributed by atoms with van der Waals surface area (Å²) in [6.07, 6.45) is 0.653. The number of carbonyl (C=O) groups is 1. The second-order valence-electron chi connectivity index (χ2n) is 4.75. The van der Waals surface area contributed by atoms with Gasteiger partial charge in [-0.25, -0.2) is 4.39 Å². The molecule has 19 heavy (non-hydrogen) atoms. The summed E-state index contributed by atoms with van der Waals surface area (Å²) in [5.74, 6) is -0.561. The van der Waals surface area contributed by atoms with E-state index in [1.165, 1.54) is 18.2 Å². The lowest BCUT2D eigenvalue weighted by molar-refractivity contribution is 0.0607. The lowest BCUT2D eigenvalue weighted by atomic mass is 9.86. The second-order valence-corrected chi connectivity index (χ2v) is 5.16. The monoisotopic (exact) mass is 285 g/mol. The van der Waals surface area contributed by atoms with Gasteiger partial charge in [-0.1, -0.05) is 32.4 Å². The first-order valence-corrected chi connectivity index (χ1v) is 7.03. The van der Waals surface area contributed by atoms with Crippen LogP contribution in [0, 0.1) is 5.82 Å². The van der Waals surface area contributed by atoms with Crippen molar-refractivity contribution in [2.75, 3.05) is 13.1 Å². The number of likely N-dealkylation sites (N-methyl/N-ethyl adjacent to an activating group) is 1. The normalized spacial score (nSPS) is 14.5. The van der Waals surface area contributed by atoms with E-state index in [9.17, 15) is 9.18 Å². The Kier molecular flexibility index (Phi) is 5.50. The van der Waals surface area contributed by atoms with Crippen LogP contribution in [0.3, 0.4) is 0 Å². The standard InChI is InChI=1S/C15H21ClFNO/c1-5-15(4,18(6-2)7-3)14(19)12-10-11(17)8-9-13(12)16/h8-10H,5-7H2,1-4H3. The molecule has 4 heteroatoms. The van der Waals surface area contributed by atoms with E-state index in [1.807, 2.05) is 27.7 Å². The molecule has 106 valence electrons. The largest absolute Gasteiger partial charge is 0.292 e. The summed E-state index contributed by atoms with van der Waals surface area (Å²) < 4.78 is 13.3. The third-order valence-electron chi connectivity index (χ3n) is 3.81. The molecule has 0 aliphatic rings. The van der Waals surface area contributed by atoms with Gasteiger partial charge in [0, 0.05) is 5.56 Å². The van der Waals surface area contributed by atoms with Gasteiger partial charge in [0.1, 0.15) is 5.82 Å². The maximum absolute atomic E-state index is 13.3. The molecule has 0 N–H and O–H groups in total. The molecule has 0 amide bonds. The molecule has 0 radical (unpaired) electrons. The van der Waals surface area contributed by atoms with Gasteiger partial charge in [0.15, 0.2) is 5.78 Å². The van der Waals surface area contributed by atoms with E-state index in [-0.39, 0.29) is 11.3 Å². The highest BCUT2D eigenvalue weighted by Crippen LogP contribution is 2.28. The second kappa shape index (κ2) is 6.49. The van der Waals surface area contributed by atoms with Crippen LogP contribution in [-0.4, -0.2) is 29.3 Å². The summed E-state index contributed by atoms with van der Waals surface area (Å²) in [6.45, 7) is 9.40. The quantitative estimate of drug-likeness (QED) is 0.731. The van der Waals surface area contributed by atoms with Crippen LogP contribution in [0.5, 0.6) is 0 Å². The highest BCUT2D eigenvalue weighted by molar-refractivity contribution is 6.34. The Balaban J connectivity index is 3.25. The maximum atomic E-state index is 13.3. The topological polar surface area (TPSA) is 20.3 Å². The van der Waals surface area contributed by atoms with E-state index in [2.05, 4.69) is 4.90 Å². The van der Waals surface area contributed by atoms with E-state index in [4.69, 9.17) is 11.6 Å². The average Bonchev–Trinajstić information content (AvgIpc) is 2.41. The van der Waals surface area contributed by atoms with Gasteiger partial charge < -0.3 is 0 Å². The molecule has 1 unspecified atom stereocenters. The van der Waals surface area contributed by atoms with E-state index in [0.717, 1.165) is 13.1 Å². The van der Waals surface area contributed by atoms with Crippen molar-refractivity contribution in [2.24, 2.45) is 0 Å². The SMILES string of the molecule is CCN(CC)C(C)(CC)C(=O)c1cc(F)ccc1Cl. The molecule has 1 atom stereocenters. The van der Waals surface area contributed by atoms with Crippen molar-refractivity contribution < 1.29 is 9.18 Å². The van der Waals surface area contributed by atoms with Gasteiger partial charge >= 0.3 is 0 Å². The molecular weight excluding hydrogens is 265 g/mol. The first-order chi connectivity index (χ1) is 8.90. The number of rotatable bonds is 6. The molecule has 0 aliphatic carbocycles. The van der Waals surface area contributed by atoms with Crippen LogP contribution < -0.4 is 0 Å². The third kappa shape index (κ3) is 3.15. The Morgan fingerprint density at radius 1 is 1.32 bits per heavy atom.